The minimum atomic E-state index is 0.753. The van der Waals surface area contributed by atoms with Gasteiger partial charge in [0.25, 0.3) is 0 Å². The van der Waals surface area contributed by atoms with Gasteiger partial charge in [-0.05, 0) is 25.0 Å². The van der Waals surface area contributed by atoms with E-state index in [-0.39, 0.29) is 0 Å². The maximum Gasteiger partial charge on any atom is 0.155 e. The molecule has 0 radical (unpaired) electrons. The van der Waals surface area contributed by atoms with Crippen LogP contribution in [0.2, 0.25) is 0 Å². The van der Waals surface area contributed by atoms with Crippen LogP contribution in [0, 0.1) is 6.92 Å². The summed E-state index contributed by atoms with van der Waals surface area (Å²) in [4.78, 5) is 4.43. The second-order valence-corrected chi connectivity index (χ2v) is 5.31. The van der Waals surface area contributed by atoms with Crippen molar-refractivity contribution in [1.29, 1.82) is 0 Å². The maximum atomic E-state index is 4.43. The first kappa shape index (κ1) is 13.6. The van der Waals surface area contributed by atoms with Crippen LogP contribution in [0.4, 0.5) is 5.69 Å². The molecule has 0 saturated carbocycles. The first-order chi connectivity index (χ1) is 10.3. The van der Waals surface area contributed by atoms with Crippen molar-refractivity contribution in [3.63, 3.8) is 0 Å². The Kier molecular flexibility index (Phi) is 3.86. The molecule has 0 spiro atoms. The van der Waals surface area contributed by atoms with Crippen LogP contribution in [0.5, 0.6) is 0 Å². The van der Waals surface area contributed by atoms with E-state index in [1.807, 2.05) is 29.9 Å². The summed E-state index contributed by atoms with van der Waals surface area (Å²) in [5.74, 6) is 0. The molecule has 0 aliphatic heterocycles. The van der Waals surface area contributed by atoms with Crippen LogP contribution in [0.1, 0.15) is 30.2 Å². The quantitative estimate of drug-likeness (QED) is 0.776. The van der Waals surface area contributed by atoms with Gasteiger partial charge in [0.1, 0.15) is 0 Å². The van der Waals surface area contributed by atoms with E-state index < -0.39 is 0 Å². The molecule has 0 atom stereocenters. The molecule has 4 nitrogen and oxygen atoms in total. The number of hydrogen-bond acceptors (Lipinski definition) is 3. The second-order valence-electron chi connectivity index (χ2n) is 5.31. The van der Waals surface area contributed by atoms with Gasteiger partial charge in [-0.1, -0.05) is 31.5 Å². The van der Waals surface area contributed by atoms with Crippen LogP contribution in [-0.4, -0.2) is 14.6 Å². The number of rotatable bonds is 5. The molecule has 0 aliphatic carbocycles. The number of nitrogens with one attached hydrogen (secondary N) is 1. The van der Waals surface area contributed by atoms with E-state index in [0.717, 1.165) is 36.3 Å². The van der Waals surface area contributed by atoms with E-state index in [1.165, 1.54) is 11.3 Å². The minimum Gasteiger partial charge on any atom is -0.381 e. The molecule has 3 rings (SSSR count). The normalized spacial score (nSPS) is 11.0. The monoisotopic (exact) mass is 280 g/mol. The molecule has 2 aromatic heterocycles. The summed E-state index contributed by atoms with van der Waals surface area (Å²) in [7, 11) is 0. The molecule has 1 N–H and O–H groups in total. The number of fused-ring (bicyclic) bond motifs is 1. The molecule has 4 heteroatoms. The molecule has 0 bridgehead atoms. The molecule has 2 heterocycles. The Labute approximate surface area is 124 Å². The van der Waals surface area contributed by atoms with Gasteiger partial charge in [0.05, 0.1) is 5.69 Å². The molecule has 0 amide bonds. The molecule has 0 unspecified atom stereocenters. The lowest BCUT2D eigenvalue weighted by Crippen LogP contribution is -2.04. The highest BCUT2D eigenvalue weighted by molar-refractivity contribution is 5.51. The van der Waals surface area contributed by atoms with Gasteiger partial charge >= 0.3 is 0 Å². The zero-order chi connectivity index (χ0) is 14.7. The van der Waals surface area contributed by atoms with Crippen molar-refractivity contribution < 1.29 is 0 Å². The predicted octanol–water partition coefficient (Wildman–Crippen LogP) is 3.60. The molecular weight excluding hydrogens is 260 g/mol. The lowest BCUT2D eigenvalue weighted by molar-refractivity contribution is 0.892. The summed E-state index contributed by atoms with van der Waals surface area (Å²) >= 11 is 0. The van der Waals surface area contributed by atoms with Crippen molar-refractivity contribution in [2.45, 2.75) is 33.2 Å². The average molecular weight is 280 g/mol. The summed E-state index contributed by atoms with van der Waals surface area (Å²) in [5.41, 5.74) is 5.57. The standard InChI is InChI=1S/C17H20N4/c1-3-6-15-7-4-5-8-16(15)18-10-14-11-19-17-9-13(2)20-21(17)12-14/h4-5,7-9,11-12,18H,3,6,10H2,1-2H3. The molecule has 0 aliphatic rings. The number of aryl methyl sites for hydroxylation is 2. The zero-order valence-electron chi connectivity index (χ0n) is 12.5. The fraction of sp³-hybridized carbons (Fsp3) is 0.294. The predicted molar refractivity (Wildman–Crippen MR) is 85.5 cm³/mol. The van der Waals surface area contributed by atoms with Gasteiger partial charge in [-0.25, -0.2) is 9.50 Å². The average Bonchev–Trinajstić information content (AvgIpc) is 2.86. The SMILES string of the molecule is CCCc1ccccc1NCc1cnc2cc(C)nn2c1. The van der Waals surface area contributed by atoms with Gasteiger partial charge in [0.2, 0.25) is 0 Å². The number of para-hydroxylation sites is 1. The van der Waals surface area contributed by atoms with Gasteiger partial charge in [-0.2, -0.15) is 5.10 Å². The Morgan fingerprint density at radius 3 is 2.95 bits per heavy atom. The summed E-state index contributed by atoms with van der Waals surface area (Å²) in [6.07, 6.45) is 6.19. The summed E-state index contributed by atoms with van der Waals surface area (Å²) in [6.45, 7) is 4.94. The van der Waals surface area contributed by atoms with Crippen LogP contribution >= 0.6 is 0 Å². The van der Waals surface area contributed by atoms with Crippen molar-refractivity contribution in [2.75, 3.05) is 5.32 Å². The minimum absolute atomic E-state index is 0.753. The molecule has 1 aromatic carbocycles. The zero-order valence-corrected chi connectivity index (χ0v) is 12.5. The Hall–Kier alpha value is -2.36. The van der Waals surface area contributed by atoms with Crippen molar-refractivity contribution in [1.82, 2.24) is 14.6 Å². The Morgan fingerprint density at radius 1 is 1.24 bits per heavy atom. The van der Waals surface area contributed by atoms with Gasteiger partial charge in [-0.15, -0.1) is 0 Å². The highest BCUT2D eigenvalue weighted by atomic mass is 15.2. The third-order valence-electron chi connectivity index (χ3n) is 3.51. The van der Waals surface area contributed by atoms with E-state index in [4.69, 9.17) is 0 Å². The molecule has 21 heavy (non-hydrogen) atoms. The summed E-state index contributed by atoms with van der Waals surface area (Å²) < 4.78 is 1.84. The fourth-order valence-electron chi connectivity index (χ4n) is 2.50. The second kappa shape index (κ2) is 5.95. The molecule has 108 valence electrons. The molecule has 0 fully saturated rings. The van der Waals surface area contributed by atoms with E-state index in [2.05, 4.69) is 46.6 Å². The highest BCUT2D eigenvalue weighted by Crippen LogP contribution is 2.17. The lowest BCUT2D eigenvalue weighted by Gasteiger charge is -2.11. The van der Waals surface area contributed by atoms with Crippen LogP contribution in [0.3, 0.4) is 0 Å². The van der Waals surface area contributed by atoms with Crippen molar-refractivity contribution in [2.24, 2.45) is 0 Å². The Bertz CT molecular complexity index is 745. The van der Waals surface area contributed by atoms with Crippen molar-refractivity contribution >= 4 is 11.3 Å². The number of nitrogens with zero attached hydrogens (tertiary/aromatic N) is 3. The number of hydrogen-bond donors (Lipinski definition) is 1. The van der Waals surface area contributed by atoms with Crippen LogP contribution < -0.4 is 5.32 Å². The van der Waals surface area contributed by atoms with Gasteiger partial charge in [0, 0.05) is 36.3 Å². The van der Waals surface area contributed by atoms with E-state index in [0.29, 0.717) is 0 Å². The van der Waals surface area contributed by atoms with Gasteiger partial charge < -0.3 is 5.32 Å². The van der Waals surface area contributed by atoms with E-state index in [9.17, 15) is 0 Å². The Balaban J connectivity index is 1.76. The van der Waals surface area contributed by atoms with Crippen LogP contribution in [-0.2, 0) is 13.0 Å². The van der Waals surface area contributed by atoms with Crippen LogP contribution in [0.15, 0.2) is 42.7 Å². The largest absolute Gasteiger partial charge is 0.381 e. The first-order valence-electron chi connectivity index (χ1n) is 7.39. The van der Waals surface area contributed by atoms with Gasteiger partial charge in [-0.3, -0.25) is 0 Å². The Morgan fingerprint density at radius 2 is 2.10 bits per heavy atom. The molecule has 3 aromatic rings. The lowest BCUT2D eigenvalue weighted by atomic mass is 10.1. The molecule has 0 saturated heterocycles. The third-order valence-corrected chi connectivity index (χ3v) is 3.51. The number of anilines is 1. The first-order valence-corrected chi connectivity index (χ1v) is 7.39. The summed E-state index contributed by atoms with van der Waals surface area (Å²) in [5, 5.41) is 7.91. The summed E-state index contributed by atoms with van der Waals surface area (Å²) in [6, 6.07) is 10.5. The smallest absolute Gasteiger partial charge is 0.155 e. The third kappa shape index (κ3) is 3.05. The van der Waals surface area contributed by atoms with E-state index >= 15 is 0 Å². The number of aromatic nitrogens is 3. The van der Waals surface area contributed by atoms with Gasteiger partial charge in [0.15, 0.2) is 5.65 Å². The molecular formula is C17H20N4. The highest BCUT2D eigenvalue weighted by Gasteiger charge is 2.03. The topological polar surface area (TPSA) is 42.2 Å². The number of benzene rings is 1. The van der Waals surface area contributed by atoms with E-state index in [1.54, 1.807) is 0 Å². The fourth-order valence-corrected chi connectivity index (χ4v) is 2.50. The van der Waals surface area contributed by atoms with Crippen LogP contribution in [0.25, 0.3) is 5.65 Å². The maximum absolute atomic E-state index is 4.43. The van der Waals surface area contributed by atoms with Crippen molar-refractivity contribution in [3.05, 3.63) is 59.5 Å². The van der Waals surface area contributed by atoms with Crippen molar-refractivity contribution in [3.8, 4) is 0 Å².